The van der Waals surface area contributed by atoms with Crippen molar-refractivity contribution < 1.29 is 4.74 Å². The third-order valence-corrected chi connectivity index (χ3v) is 7.61. The Balaban J connectivity index is 1.55. The van der Waals surface area contributed by atoms with E-state index in [1.807, 2.05) is 16.8 Å². The van der Waals surface area contributed by atoms with Crippen LogP contribution in [0.25, 0.3) is 16.9 Å². The molecule has 154 valence electrons. The first-order chi connectivity index (χ1) is 14.6. The Morgan fingerprint density at radius 2 is 1.53 bits per heavy atom. The molecule has 0 unspecified atom stereocenters. The molecule has 0 spiro atoms. The minimum Gasteiger partial charge on any atom is -0.438 e. The second-order valence-electron chi connectivity index (χ2n) is 9.88. The molecular weight excluding hydrogens is 370 g/mol. The number of hydrogen-bond acceptors (Lipinski definition) is 3. The number of fused-ring (bicyclic) bond motifs is 1. The number of hydrogen-bond donors (Lipinski definition) is 0. The monoisotopic (exact) mass is 399 g/mol. The predicted octanol–water partition coefficient (Wildman–Crippen LogP) is 6.06. The zero-order chi connectivity index (χ0) is 20.4. The molecule has 30 heavy (non-hydrogen) atoms. The maximum Gasteiger partial charge on any atom is 0.222 e. The molecule has 4 heteroatoms. The maximum atomic E-state index is 6.85. The van der Waals surface area contributed by atoms with Crippen LogP contribution in [0.3, 0.4) is 0 Å². The van der Waals surface area contributed by atoms with Crippen LogP contribution in [-0.4, -0.2) is 15.0 Å². The molecule has 3 aromatic rings. The molecule has 1 heterocycles. The van der Waals surface area contributed by atoms with Crippen LogP contribution in [0, 0.1) is 44.4 Å². The molecule has 0 radical (unpaired) electrons. The fraction of sp³-hybridized carbons (Fsp3) is 0.462. The van der Waals surface area contributed by atoms with E-state index in [-0.39, 0.29) is 0 Å². The van der Waals surface area contributed by atoms with Gasteiger partial charge in [-0.15, -0.1) is 5.10 Å². The molecule has 0 atom stereocenters. The molecular formula is C26H29N3O. The summed E-state index contributed by atoms with van der Waals surface area (Å²) in [7, 11) is 0. The van der Waals surface area contributed by atoms with Gasteiger partial charge < -0.3 is 4.74 Å². The second kappa shape index (κ2) is 6.69. The number of para-hydroxylation sites is 1. The Bertz CT molecular complexity index is 1120. The van der Waals surface area contributed by atoms with E-state index in [1.165, 1.54) is 54.4 Å². The van der Waals surface area contributed by atoms with E-state index >= 15 is 0 Å². The van der Waals surface area contributed by atoms with E-state index in [2.05, 4.69) is 55.3 Å². The second-order valence-corrected chi connectivity index (χ2v) is 9.88. The normalized spacial score (nSPS) is 27.1. The lowest BCUT2D eigenvalue weighted by atomic mass is 9.54. The van der Waals surface area contributed by atoms with Gasteiger partial charge in [0.1, 0.15) is 11.3 Å². The van der Waals surface area contributed by atoms with Gasteiger partial charge in [-0.3, -0.25) is 0 Å². The SMILES string of the molecule is Cc1cc(C)c(OC(=C2C3CC4CC(C3)CC2C4)n2nnc3ccccc32)c(C)c1. The lowest BCUT2D eigenvalue weighted by Crippen LogP contribution is -2.41. The van der Waals surface area contributed by atoms with Crippen LogP contribution in [0.1, 0.15) is 48.8 Å². The molecule has 7 rings (SSSR count). The first kappa shape index (κ1) is 18.2. The molecule has 4 bridgehead atoms. The van der Waals surface area contributed by atoms with Gasteiger partial charge in [-0.1, -0.05) is 35.0 Å². The summed E-state index contributed by atoms with van der Waals surface area (Å²) >= 11 is 0. The van der Waals surface area contributed by atoms with E-state index in [9.17, 15) is 0 Å². The quantitative estimate of drug-likeness (QED) is 0.503. The average molecular weight is 400 g/mol. The van der Waals surface area contributed by atoms with Gasteiger partial charge in [0, 0.05) is 0 Å². The van der Waals surface area contributed by atoms with Crippen LogP contribution in [0.4, 0.5) is 0 Å². The summed E-state index contributed by atoms with van der Waals surface area (Å²) in [5.74, 6) is 4.97. The zero-order valence-corrected chi connectivity index (χ0v) is 18.1. The molecule has 4 saturated carbocycles. The van der Waals surface area contributed by atoms with E-state index in [0.717, 1.165) is 34.5 Å². The van der Waals surface area contributed by atoms with Crippen LogP contribution in [-0.2, 0) is 0 Å². The molecule has 0 saturated heterocycles. The topological polar surface area (TPSA) is 39.9 Å². The van der Waals surface area contributed by atoms with Crippen LogP contribution < -0.4 is 4.74 Å². The molecule has 0 N–H and O–H groups in total. The van der Waals surface area contributed by atoms with Gasteiger partial charge in [-0.05, 0) is 105 Å². The van der Waals surface area contributed by atoms with Gasteiger partial charge in [0.2, 0.25) is 5.88 Å². The van der Waals surface area contributed by atoms with Crippen LogP contribution in [0.5, 0.6) is 5.75 Å². The number of aryl methyl sites for hydroxylation is 3. The Kier molecular flexibility index (Phi) is 4.06. The molecule has 0 aliphatic heterocycles. The average Bonchev–Trinajstić information content (AvgIpc) is 3.12. The van der Waals surface area contributed by atoms with Gasteiger partial charge in [0.15, 0.2) is 0 Å². The fourth-order valence-corrected chi connectivity index (χ4v) is 6.71. The molecule has 2 aromatic carbocycles. The summed E-state index contributed by atoms with van der Waals surface area (Å²) < 4.78 is 8.83. The smallest absolute Gasteiger partial charge is 0.222 e. The van der Waals surface area contributed by atoms with Crippen molar-refractivity contribution in [3.8, 4) is 5.75 Å². The highest BCUT2D eigenvalue weighted by Crippen LogP contribution is 2.57. The van der Waals surface area contributed by atoms with Crippen LogP contribution in [0.15, 0.2) is 42.0 Å². The first-order valence-corrected chi connectivity index (χ1v) is 11.4. The molecule has 4 aliphatic rings. The zero-order valence-electron chi connectivity index (χ0n) is 18.1. The third kappa shape index (κ3) is 2.80. The fourth-order valence-electron chi connectivity index (χ4n) is 6.71. The molecule has 1 aromatic heterocycles. The predicted molar refractivity (Wildman–Crippen MR) is 119 cm³/mol. The Morgan fingerprint density at radius 1 is 0.900 bits per heavy atom. The van der Waals surface area contributed by atoms with Crippen LogP contribution >= 0.6 is 0 Å². The standard InChI is InChI=1S/C26H29N3O/c1-15-8-16(2)25(17(3)9-15)30-26(29-23-7-5-4-6-22(23)27-28-29)24-20-11-18-10-19(13-20)14-21(24)12-18/h4-9,18-21H,10-14H2,1-3H3. The van der Waals surface area contributed by atoms with Crippen molar-refractivity contribution >= 4 is 16.9 Å². The maximum absolute atomic E-state index is 6.85. The molecule has 4 aliphatic carbocycles. The van der Waals surface area contributed by atoms with Crippen LogP contribution in [0.2, 0.25) is 0 Å². The highest BCUT2D eigenvalue weighted by Gasteiger charge is 2.47. The van der Waals surface area contributed by atoms with Crippen molar-refractivity contribution in [1.82, 2.24) is 15.0 Å². The van der Waals surface area contributed by atoms with Gasteiger partial charge in [0.25, 0.3) is 0 Å². The number of nitrogens with zero attached hydrogens (tertiary/aromatic N) is 3. The lowest BCUT2D eigenvalue weighted by molar-refractivity contribution is 0.0676. The van der Waals surface area contributed by atoms with E-state index < -0.39 is 0 Å². The van der Waals surface area contributed by atoms with Crippen molar-refractivity contribution in [2.45, 2.75) is 52.9 Å². The number of aromatic nitrogens is 3. The number of ether oxygens (including phenoxy) is 1. The number of rotatable bonds is 3. The number of benzene rings is 2. The minimum absolute atomic E-state index is 0.630. The van der Waals surface area contributed by atoms with Gasteiger partial charge >= 0.3 is 0 Å². The van der Waals surface area contributed by atoms with Gasteiger partial charge in [-0.2, -0.15) is 4.68 Å². The molecule has 0 amide bonds. The minimum atomic E-state index is 0.630. The summed E-state index contributed by atoms with van der Waals surface area (Å²) in [6.45, 7) is 6.44. The summed E-state index contributed by atoms with van der Waals surface area (Å²) in [5.41, 5.74) is 7.07. The summed E-state index contributed by atoms with van der Waals surface area (Å²) in [4.78, 5) is 0. The molecule has 4 nitrogen and oxygen atoms in total. The van der Waals surface area contributed by atoms with E-state index in [1.54, 1.807) is 0 Å². The first-order valence-electron chi connectivity index (χ1n) is 11.4. The molecule has 4 fully saturated rings. The largest absolute Gasteiger partial charge is 0.438 e. The number of allylic oxidation sites excluding steroid dienone is 1. The van der Waals surface area contributed by atoms with Gasteiger partial charge in [-0.25, -0.2) is 0 Å². The van der Waals surface area contributed by atoms with Crippen molar-refractivity contribution in [3.05, 3.63) is 58.7 Å². The summed E-state index contributed by atoms with van der Waals surface area (Å²) in [5, 5.41) is 9.04. The highest BCUT2D eigenvalue weighted by atomic mass is 16.5. The summed E-state index contributed by atoms with van der Waals surface area (Å²) in [6, 6.07) is 12.6. The van der Waals surface area contributed by atoms with Crippen molar-refractivity contribution in [3.63, 3.8) is 0 Å². The Labute approximate surface area is 177 Å². The van der Waals surface area contributed by atoms with Gasteiger partial charge in [0.05, 0.1) is 5.52 Å². The van der Waals surface area contributed by atoms with E-state index in [4.69, 9.17) is 4.74 Å². The van der Waals surface area contributed by atoms with E-state index in [0.29, 0.717) is 11.8 Å². The van der Waals surface area contributed by atoms with Crippen molar-refractivity contribution in [2.75, 3.05) is 0 Å². The highest BCUT2D eigenvalue weighted by molar-refractivity contribution is 5.77. The summed E-state index contributed by atoms with van der Waals surface area (Å²) in [6.07, 6.45) is 6.70. The Hall–Kier alpha value is -2.62. The Morgan fingerprint density at radius 3 is 2.20 bits per heavy atom. The van der Waals surface area contributed by atoms with Crippen molar-refractivity contribution in [1.29, 1.82) is 0 Å². The third-order valence-electron chi connectivity index (χ3n) is 7.61. The lowest BCUT2D eigenvalue weighted by Gasteiger charge is -2.51. The van der Waals surface area contributed by atoms with Crippen molar-refractivity contribution in [2.24, 2.45) is 23.7 Å².